The average Bonchev–Trinajstić information content (AvgIpc) is 3.23. The van der Waals surface area contributed by atoms with Crippen LogP contribution in [0.15, 0.2) is 0 Å². The van der Waals surface area contributed by atoms with Crippen molar-refractivity contribution in [1.82, 2.24) is 0 Å². The first-order chi connectivity index (χ1) is 10.4. The van der Waals surface area contributed by atoms with Crippen LogP contribution in [0.4, 0.5) is 0 Å². The molecule has 1 N–H and O–H groups in total. The molecule has 9 atom stereocenters. The number of fused-ring (bicyclic) bond motifs is 5. The molecule has 1 aliphatic heterocycles. The fraction of sp³-hybridized carbons (Fsp3) is 1.00. The van der Waals surface area contributed by atoms with Gasteiger partial charge in [0.15, 0.2) is 0 Å². The van der Waals surface area contributed by atoms with E-state index in [1.54, 1.807) is 0 Å². The monoisotopic (exact) mass is 304 g/mol. The molecular weight excluding hydrogens is 272 g/mol. The van der Waals surface area contributed by atoms with Gasteiger partial charge in [-0.1, -0.05) is 27.2 Å². The maximum atomic E-state index is 10.2. The molecule has 22 heavy (non-hydrogen) atoms. The third-order valence-electron chi connectivity index (χ3n) is 9.17. The molecule has 1 heterocycles. The molecule has 2 bridgehead atoms. The Balaban J connectivity index is 1.61. The van der Waals surface area contributed by atoms with Gasteiger partial charge in [0.25, 0.3) is 0 Å². The van der Waals surface area contributed by atoms with E-state index in [-0.39, 0.29) is 5.41 Å². The van der Waals surface area contributed by atoms with E-state index in [4.69, 9.17) is 4.74 Å². The van der Waals surface area contributed by atoms with Crippen molar-refractivity contribution >= 4 is 0 Å². The van der Waals surface area contributed by atoms with Crippen LogP contribution in [0.1, 0.15) is 65.7 Å². The fourth-order valence-corrected chi connectivity index (χ4v) is 8.46. The summed E-state index contributed by atoms with van der Waals surface area (Å²) in [6.45, 7) is 7.76. The van der Waals surface area contributed by atoms with Crippen molar-refractivity contribution in [3.63, 3.8) is 0 Å². The first-order valence-electron chi connectivity index (χ1n) is 9.71. The van der Waals surface area contributed by atoms with E-state index in [0.29, 0.717) is 35.6 Å². The van der Waals surface area contributed by atoms with Gasteiger partial charge in [0.1, 0.15) is 0 Å². The Kier molecular flexibility index (Phi) is 2.67. The van der Waals surface area contributed by atoms with Crippen LogP contribution in [0.2, 0.25) is 0 Å². The summed E-state index contributed by atoms with van der Waals surface area (Å²) in [5.41, 5.74) is 1.00. The van der Waals surface area contributed by atoms with Crippen LogP contribution in [0, 0.1) is 39.9 Å². The summed E-state index contributed by atoms with van der Waals surface area (Å²) in [4.78, 5) is 0. The first-order valence-corrected chi connectivity index (χ1v) is 9.71. The lowest BCUT2D eigenvalue weighted by Gasteiger charge is -2.62. The van der Waals surface area contributed by atoms with Crippen LogP contribution in [0.25, 0.3) is 0 Å². The molecule has 124 valence electrons. The van der Waals surface area contributed by atoms with Gasteiger partial charge in [0.05, 0.1) is 12.2 Å². The number of epoxide rings is 1. The van der Waals surface area contributed by atoms with E-state index in [2.05, 4.69) is 20.8 Å². The van der Waals surface area contributed by atoms with Crippen molar-refractivity contribution in [3.8, 4) is 0 Å². The SMILES string of the molecule is C[C@@H]1C[C@@]23C[C@@H]1CC[C@@H]2[C@@]1(C)CCC[C@@](C)(CO)[C@@H]1C1OC13. The highest BCUT2D eigenvalue weighted by Crippen LogP contribution is 2.76. The second-order valence-electron chi connectivity index (χ2n) is 10.2. The van der Waals surface area contributed by atoms with Gasteiger partial charge in [-0.3, -0.25) is 0 Å². The second-order valence-corrected chi connectivity index (χ2v) is 10.2. The molecule has 4 aliphatic carbocycles. The Hall–Kier alpha value is -0.0800. The van der Waals surface area contributed by atoms with E-state index >= 15 is 0 Å². The molecule has 0 aromatic heterocycles. The highest BCUT2D eigenvalue weighted by atomic mass is 16.6. The summed E-state index contributed by atoms with van der Waals surface area (Å²) in [5.74, 6) is 3.31. The van der Waals surface area contributed by atoms with Crippen molar-refractivity contribution in [2.45, 2.75) is 77.9 Å². The molecule has 0 amide bonds. The quantitative estimate of drug-likeness (QED) is 0.742. The number of ether oxygens (including phenoxy) is 1. The lowest BCUT2D eigenvalue weighted by molar-refractivity contribution is -0.142. The van der Waals surface area contributed by atoms with E-state index < -0.39 is 0 Å². The zero-order valence-corrected chi connectivity index (χ0v) is 14.5. The smallest absolute Gasteiger partial charge is 0.0904 e. The molecule has 5 fully saturated rings. The molecular formula is C20H32O2. The number of aliphatic hydroxyl groups is 1. The van der Waals surface area contributed by atoms with Crippen molar-refractivity contribution in [2.24, 2.45) is 39.9 Å². The third kappa shape index (κ3) is 1.46. The fourth-order valence-electron chi connectivity index (χ4n) is 8.46. The van der Waals surface area contributed by atoms with Crippen molar-refractivity contribution in [1.29, 1.82) is 0 Å². The summed E-state index contributed by atoms with van der Waals surface area (Å²) in [7, 11) is 0. The van der Waals surface area contributed by atoms with E-state index in [1.807, 2.05) is 0 Å². The Bertz CT molecular complexity index is 500. The minimum atomic E-state index is 0.0924. The summed E-state index contributed by atoms with van der Waals surface area (Å²) in [5, 5.41) is 10.2. The average molecular weight is 304 g/mol. The van der Waals surface area contributed by atoms with Crippen molar-refractivity contribution in [2.75, 3.05) is 6.61 Å². The Morgan fingerprint density at radius 1 is 1.14 bits per heavy atom. The van der Waals surface area contributed by atoms with E-state index in [0.717, 1.165) is 17.8 Å². The molecule has 2 unspecified atom stereocenters. The zero-order valence-electron chi connectivity index (χ0n) is 14.5. The zero-order chi connectivity index (χ0) is 15.3. The van der Waals surface area contributed by atoms with Crippen molar-refractivity contribution in [3.05, 3.63) is 0 Å². The standard InChI is InChI=1S/C20H32O2/c1-12-9-20-10-13(12)5-6-14(20)19(3)8-4-7-18(2,11-21)16(19)15-17(20)22-15/h12-17,21H,4-11H2,1-3H3/t12-,13+,14-,15?,16+,17?,18+,19-,20-/m1/s1. The maximum Gasteiger partial charge on any atom is 0.0904 e. The van der Waals surface area contributed by atoms with Gasteiger partial charge in [-0.05, 0) is 67.1 Å². The summed E-state index contributed by atoms with van der Waals surface area (Å²) >= 11 is 0. The van der Waals surface area contributed by atoms with Gasteiger partial charge in [-0.15, -0.1) is 0 Å². The summed E-state index contributed by atoms with van der Waals surface area (Å²) in [6, 6.07) is 0. The minimum Gasteiger partial charge on any atom is -0.396 e. The second kappa shape index (κ2) is 4.11. The molecule has 5 aliphatic rings. The third-order valence-corrected chi connectivity index (χ3v) is 9.17. The Labute approximate surface area is 135 Å². The Morgan fingerprint density at radius 2 is 1.95 bits per heavy atom. The van der Waals surface area contributed by atoms with Crippen LogP contribution in [0.3, 0.4) is 0 Å². The normalized spacial score (nSPS) is 65.5. The van der Waals surface area contributed by atoms with Gasteiger partial charge in [-0.2, -0.15) is 0 Å². The largest absolute Gasteiger partial charge is 0.396 e. The van der Waals surface area contributed by atoms with Crippen molar-refractivity contribution < 1.29 is 9.84 Å². The lowest BCUT2D eigenvalue weighted by atomic mass is 9.41. The summed E-state index contributed by atoms with van der Waals surface area (Å²) in [6.07, 6.45) is 10.6. The molecule has 4 saturated carbocycles. The minimum absolute atomic E-state index is 0.0924. The van der Waals surface area contributed by atoms with E-state index in [1.165, 1.54) is 44.9 Å². The van der Waals surface area contributed by atoms with Crippen LogP contribution >= 0.6 is 0 Å². The predicted molar refractivity (Wildman–Crippen MR) is 86.3 cm³/mol. The number of aliphatic hydroxyl groups excluding tert-OH is 1. The Morgan fingerprint density at radius 3 is 2.73 bits per heavy atom. The predicted octanol–water partition coefficient (Wildman–Crippen LogP) is 4.01. The first kappa shape index (κ1) is 14.3. The van der Waals surface area contributed by atoms with Gasteiger partial charge >= 0.3 is 0 Å². The van der Waals surface area contributed by atoms with Crippen LogP contribution in [-0.4, -0.2) is 23.9 Å². The van der Waals surface area contributed by atoms with Crippen LogP contribution < -0.4 is 0 Å². The number of hydrogen-bond donors (Lipinski definition) is 1. The lowest BCUT2D eigenvalue weighted by Crippen LogP contribution is -2.60. The van der Waals surface area contributed by atoms with Gasteiger partial charge < -0.3 is 9.84 Å². The highest BCUT2D eigenvalue weighted by Gasteiger charge is 2.76. The summed E-state index contributed by atoms with van der Waals surface area (Å²) < 4.78 is 6.44. The molecule has 2 nitrogen and oxygen atoms in total. The van der Waals surface area contributed by atoms with Gasteiger partial charge in [-0.25, -0.2) is 0 Å². The number of rotatable bonds is 1. The molecule has 1 saturated heterocycles. The van der Waals surface area contributed by atoms with Crippen LogP contribution in [0.5, 0.6) is 0 Å². The van der Waals surface area contributed by atoms with Gasteiger partial charge in [0.2, 0.25) is 0 Å². The maximum absolute atomic E-state index is 10.2. The van der Waals surface area contributed by atoms with Crippen LogP contribution in [-0.2, 0) is 4.74 Å². The molecule has 2 heteroatoms. The molecule has 1 spiro atoms. The van der Waals surface area contributed by atoms with E-state index in [9.17, 15) is 5.11 Å². The highest BCUT2D eigenvalue weighted by molar-refractivity contribution is 5.23. The molecule has 0 aromatic rings. The molecule has 0 aromatic carbocycles. The number of hydrogen-bond acceptors (Lipinski definition) is 2. The topological polar surface area (TPSA) is 32.8 Å². The molecule has 0 radical (unpaired) electrons. The van der Waals surface area contributed by atoms with Gasteiger partial charge in [0, 0.05) is 17.9 Å². The molecule has 5 rings (SSSR count).